The summed E-state index contributed by atoms with van der Waals surface area (Å²) < 4.78 is 18.7. The Kier molecular flexibility index (Phi) is 5.56. The van der Waals surface area contributed by atoms with Crippen molar-refractivity contribution in [3.8, 4) is 11.6 Å². The maximum absolute atomic E-state index is 12.6. The summed E-state index contributed by atoms with van der Waals surface area (Å²) in [6.07, 6.45) is 5.58. The van der Waals surface area contributed by atoms with Crippen LogP contribution in [0.15, 0.2) is 4.52 Å². The Morgan fingerprint density at radius 3 is 2.80 bits per heavy atom. The number of nitrogens with zero attached hydrogens (tertiary/aromatic N) is 5. The summed E-state index contributed by atoms with van der Waals surface area (Å²) in [6.45, 7) is 4.12. The number of carbonyl (C=O) groups excluding carboxylic acids is 1. The van der Waals surface area contributed by atoms with E-state index in [1.165, 1.54) is 18.5 Å². The smallest absolute Gasteiger partial charge is 0.278 e. The molecule has 1 amide bonds. The normalized spacial score (nSPS) is 19.6. The highest BCUT2D eigenvalue weighted by atomic mass is 16.5. The van der Waals surface area contributed by atoms with Crippen LogP contribution in [0.5, 0.6) is 0 Å². The number of rotatable bonds is 7. The van der Waals surface area contributed by atoms with E-state index in [1.807, 2.05) is 7.05 Å². The van der Waals surface area contributed by atoms with Gasteiger partial charge < -0.3 is 18.9 Å². The summed E-state index contributed by atoms with van der Waals surface area (Å²) >= 11 is 0. The van der Waals surface area contributed by atoms with E-state index >= 15 is 0 Å². The number of amides is 1. The van der Waals surface area contributed by atoms with Crippen molar-refractivity contribution in [2.24, 2.45) is 11.8 Å². The van der Waals surface area contributed by atoms with Gasteiger partial charge in [0, 0.05) is 63.4 Å². The molecule has 162 valence electrons. The van der Waals surface area contributed by atoms with Crippen LogP contribution in [0, 0.1) is 11.8 Å². The van der Waals surface area contributed by atoms with E-state index < -0.39 is 0 Å². The van der Waals surface area contributed by atoms with Crippen LogP contribution < -0.4 is 0 Å². The van der Waals surface area contributed by atoms with E-state index in [2.05, 4.69) is 14.8 Å². The highest BCUT2D eigenvalue weighted by molar-refractivity contribution is 5.78. The van der Waals surface area contributed by atoms with Crippen LogP contribution >= 0.6 is 0 Å². The summed E-state index contributed by atoms with van der Waals surface area (Å²) in [5.74, 6) is 2.02. The van der Waals surface area contributed by atoms with Gasteiger partial charge in [-0.25, -0.2) is 0 Å². The van der Waals surface area contributed by atoms with Crippen LogP contribution in [-0.2, 0) is 40.3 Å². The molecule has 4 heterocycles. The second kappa shape index (κ2) is 8.47. The van der Waals surface area contributed by atoms with Crippen molar-refractivity contribution in [2.45, 2.75) is 51.7 Å². The largest absolute Gasteiger partial charge is 0.381 e. The lowest BCUT2D eigenvalue weighted by molar-refractivity contribution is -0.137. The van der Waals surface area contributed by atoms with Gasteiger partial charge in [0.05, 0.1) is 13.2 Å². The van der Waals surface area contributed by atoms with Crippen molar-refractivity contribution < 1.29 is 18.8 Å². The summed E-state index contributed by atoms with van der Waals surface area (Å²) in [6, 6.07) is 0. The molecule has 2 aromatic heterocycles. The molecule has 2 aliphatic heterocycles. The maximum Gasteiger partial charge on any atom is 0.278 e. The molecule has 0 aromatic carbocycles. The minimum absolute atomic E-state index is 0.0616. The zero-order valence-corrected chi connectivity index (χ0v) is 17.5. The van der Waals surface area contributed by atoms with Crippen LogP contribution in [0.2, 0.25) is 0 Å². The van der Waals surface area contributed by atoms with Crippen molar-refractivity contribution in [3.05, 3.63) is 17.1 Å². The molecular weight excluding hydrogens is 386 g/mol. The first-order valence-corrected chi connectivity index (χ1v) is 11.0. The lowest BCUT2D eigenvalue weighted by atomic mass is 9.99. The molecule has 0 unspecified atom stereocenters. The van der Waals surface area contributed by atoms with Gasteiger partial charge in [0.1, 0.15) is 0 Å². The molecule has 2 aromatic rings. The predicted molar refractivity (Wildman–Crippen MR) is 106 cm³/mol. The van der Waals surface area contributed by atoms with Gasteiger partial charge >= 0.3 is 0 Å². The van der Waals surface area contributed by atoms with E-state index in [4.69, 9.17) is 19.1 Å². The minimum atomic E-state index is 0.0616. The molecule has 3 aliphatic rings. The number of carbonyl (C=O) groups is 1. The van der Waals surface area contributed by atoms with Gasteiger partial charge in [-0.1, -0.05) is 5.16 Å². The quantitative estimate of drug-likeness (QED) is 0.681. The number of likely N-dealkylation sites (N-methyl/N-ethyl adjacent to an activating group) is 1. The molecule has 0 spiro atoms. The fraction of sp³-hybridized carbons (Fsp3) is 0.714. The molecule has 1 saturated heterocycles. The van der Waals surface area contributed by atoms with Crippen molar-refractivity contribution in [1.82, 2.24) is 24.8 Å². The van der Waals surface area contributed by atoms with Crippen molar-refractivity contribution in [3.63, 3.8) is 0 Å². The molecule has 2 fully saturated rings. The Labute approximate surface area is 175 Å². The molecular formula is C21H29N5O4. The van der Waals surface area contributed by atoms with Gasteiger partial charge in [-0.3, -0.25) is 9.48 Å². The summed E-state index contributed by atoms with van der Waals surface area (Å²) in [7, 11) is 1.84. The lowest BCUT2D eigenvalue weighted by Gasteiger charge is -2.26. The van der Waals surface area contributed by atoms with E-state index in [0.717, 1.165) is 49.6 Å². The number of aromatic nitrogens is 4. The van der Waals surface area contributed by atoms with Crippen LogP contribution in [0.4, 0.5) is 0 Å². The number of hydrogen-bond acceptors (Lipinski definition) is 7. The topological polar surface area (TPSA) is 95.5 Å². The van der Waals surface area contributed by atoms with E-state index in [1.54, 1.807) is 4.90 Å². The first-order chi connectivity index (χ1) is 14.7. The minimum Gasteiger partial charge on any atom is -0.381 e. The number of ether oxygens (including phenoxy) is 2. The first kappa shape index (κ1) is 19.7. The molecule has 9 heteroatoms. The summed E-state index contributed by atoms with van der Waals surface area (Å²) in [4.78, 5) is 18.9. The van der Waals surface area contributed by atoms with Gasteiger partial charge in [0.15, 0.2) is 11.5 Å². The maximum atomic E-state index is 12.6. The van der Waals surface area contributed by atoms with Gasteiger partial charge in [-0.15, -0.1) is 0 Å². The van der Waals surface area contributed by atoms with Gasteiger partial charge in [-0.2, -0.15) is 10.1 Å². The third kappa shape index (κ3) is 4.13. The molecule has 0 atom stereocenters. The van der Waals surface area contributed by atoms with Crippen molar-refractivity contribution >= 4 is 5.91 Å². The first-order valence-electron chi connectivity index (χ1n) is 11.0. The van der Waals surface area contributed by atoms with Crippen molar-refractivity contribution in [2.75, 3.05) is 33.4 Å². The van der Waals surface area contributed by atoms with Gasteiger partial charge in [0.2, 0.25) is 5.91 Å². The Bertz CT molecular complexity index is 897. The van der Waals surface area contributed by atoms with Gasteiger partial charge in [0.25, 0.3) is 5.89 Å². The zero-order valence-electron chi connectivity index (χ0n) is 17.5. The summed E-state index contributed by atoms with van der Waals surface area (Å²) in [5.41, 5.74) is 3.06. The third-order valence-electron chi connectivity index (χ3n) is 6.31. The SMILES string of the molecule is CN(CCc1noc(-c2nn(CC3CC3)c3c2COCC3)n1)C(=O)C1CCOCC1. The average Bonchev–Trinajstić information content (AvgIpc) is 3.36. The van der Waals surface area contributed by atoms with E-state index in [0.29, 0.717) is 44.5 Å². The second-order valence-corrected chi connectivity index (χ2v) is 8.61. The second-order valence-electron chi connectivity index (χ2n) is 8.61. The van der Waals surface area contributed by atoms with Crippen LogP contribution in [0.1, 0.15) is 42.8 Å². The molecule has 0 bridgehead atoms. The highest BCUT2D eigenvalue weighted by Gasteiger charge is 2.29. The standard InChI is InChI=1S/C21H29N5O4/c1-25(21(27)15-5-9-28-10-6-15)8-4-18-22-20(30-24-18)19-16-13-29-11-7-17(16)26(23-19)12-14-2-3-14/h14-15H,2-13H2,1H3. The van der Waals surface area contributed by atoms with Crippen LogP contribution in [-0.4, -0.2) is 64.1 Å². The fourth-order valence-corrected chi connectivity index (χ4v) is 4.26. The molecule has 0 N–H and O–H groups in total. The number of fused-ring (bicyclic) bond motifs is 1. The zero-order chi connectivity index (χ0) is 20.5. The Morgan fingerprint density at radius 1 is 1.17 bits per heavy atom. The monoisotopic (exact) mass is 415 g/mol. The number of hydrogen-bond donors (Lipinski definition) is 0. The Hall–Kier alpha value is -2.26. The lowest BCUT2D eigenvalue weighted by Crippen LogP contribution is -2.37. The predicted octanol–water partition coefficient (Wildman–Crippen LogP) is 1.84. The molecule has 0 radical (unpaired) electrons. The van der Waals surface area contributed by atoms with Crippen LogP contribution in [0.25, 0.3) is 11.6 Å². The Morgan fingerprint density at radius 2 is 2.00 bits per heavy atom. The fourth-order valence-electron chi connectivity index (χ4n) is 4.26. The average molecular weight is 415 g/mol. The molecule has 1 aliphatic carbocycles. The highest BCUT2D eigenvalue weighted by Crippen LogP contribution is 2.34. The van der Waals surface area contributed by atoms with Crippen LogP contribution in [0.3, 0.4) is 0 Å². The molecule has 5 rings (SSSR count). The Balaban J connectivity index is 1.25. The summed E-state index contributed by atoms with van der Waals surface area (Å²) in [5, 5.41) is 8.94. The molecule has 30 heavy (non-hydrogen) atoms. The third-order valence-corrected chi connectivity index (χ3v) is 6.31. The molecule has 1 saturated carbocycles. The van der Waals surface area contributed by atoms with E-state index in [-0.39, 0.29) is 11.8 Å². The van der Waals surface area contributed by atoms with Crippen molar-refractivity contribution in [1.29, 1.82) is 0 Å². The van der Waals surface area contributed by atoms with Gasteiger partial charge in [-0.05, 0) is 31.6 Å². The van der Waals surface area contributed by atoms with E-state index in [9.17, 15) is 4.79 Å². The molecule has 9 nitrogen and oxygen atoms in total.